The number of nitrogens with zero attached hydrogens (tertiary/aromatic N) is 2. The summed E-state index contributed by atoms with van der Waals surface area (Å²) in [5.41, 5.74) is 2.90. The summed E-state index contributed by atoms with van der Waals surface area (Å²) in [7, 11) is 0. The fourth-order valence-corrected chi connectivity index (χ4v) is 3.80. The highest BCUT2D eigenvalue weighted by atomic mass is 19.1. The van der Waals surface area contributed by atoms with Crippen molar-refractivity contribution in [2.45, 2.75) is 70.4 Å². The van der Waals surface area contributed by atoms with Crippen LogP contribution in [0, 0.1) is 25.6 Å². The molecule has 2 aromatic rings. The van der Waals surface area contributed by atoms with Gasteiger partial charge in [-0.05, 0) is 49.8 Å². The zero-order chi connectivity index (χ0) is 22.3. The van der Waals surface area contributed by atoms with Crippen LogP contribution in [0.2, 0.25) is 0 Å². The highest BCUT2D eigenvalue weighted by Gasteiger charge is 2.45. The van der Waals surface area contributed by atoms with Gasteiger partial charge in [0.1, 0.15) is 30.2 Å². The fraction of sp³-hybridized carbons (Fsp3) is 0.591. The van der Waals surface area contributed by atoms with Crippen LogP contribution in [0.4, 0.5) is 4.39 Å². The Bertz CT molecular complexity index is 929. The molecule has 1 saturated heterocycles. The minimum Gasteiger partial charge on any atom is -0.443 e. The molecular weight excluding hydrogens is 407 g/mol. The largest absolute Gasteiger partial charge is 0.443 e. The van der Waals surface area contributed by atoms with Crippen LogP contribution >= 0.6 is 0 Å². The zero-order valence-electron chi connectivity index (χ0n) is 17.6. The van der Waals surface area contributed by atoms with Crippen molar-refractivity contribution in [1.29, 1.82) is 0 Å². The van der Waals surface area contributed by atoms with Gasteiger partial charge in [0.2, 0.25) is 12.2 Å². The van der Waals surface area contributed by atoms with Crippen LogP contribution in [0.3, 0.4) is 0 Å². The summed E-state index contributed by atoms with van der Waals surface area (Å²) in [5, 5.41) is 44.3. The van der Waals surface area contributed by atoms with Gasteiger partial charge in [-0.25, -0.2) is 4.39 Å². The van der Waals surface area contributed by atoms with Crippen LogP contribution in [0.1, 0.15) is 35.2 Å². The predicted octanol–water partition coefficient (Wildman–Crippen LogP) is 0.819. The Hall–Kier alpha value is -2.04. The van der Waals surface area contributed by atoms with Crippen LogP contribution in [0.5, 0.6) is 5.88 Å². The minimum atomic E-state index is -1.54. The molecule has 0 radical (unpaired) electrons. The second-order valence-electron chi connectivity index (χ2n) is 8.57. The Balaban J connectivity index is 1.63. The van der Waals surface area contributed by atoms with Crippen molar-refractivity contribution in [2.75, 3.05) is 6.61 Å². The van der Waals surface area contributed by atoms with Crippen molar-refractivity contribution in [2.24, 2.45) is 5.92 Å². The molecule has 5 atom stereocenters. The first kappa shape index (κ1) is 22.2. The molecule has 1 aromatic carbocycles. The second-order valence-corrected chi connectivity index (χ2v) is 8.57. The van der Waals surface area contributed by atoms with Gasteiger partial charge in [-0.15, -0.1) is 5.10 Å². The molecule has 2 heterocycles. The third kappa shape index (κ3) is 4.61. The molecule has 8 nitrogen and oxygen atoms in total. The van der Waals surface area contributed by atoms with Crippen LogP contribution in [-0.2, 0) is 17.7 Å². The number of aliphatic hydroxyl groups is 4. The quantitative estimate of drug-likeness (QED) is 0.508. The first-order valence-electron chi connectivity index (χ1n) is 10.6. The molecule has 0 amide bonds. The Labute approximate surface area is 179 Å². The van der Waals surface area contributed by atoms with Gasteiger partial charge in [0.25, 0.3) is 0 Å². The highest BCUT2D eigenvalue weighted by Crippen LogP contribution is 2.34. The summed E-state index contributed by atoms with van der Waals surface area (Å²) in [6, 6.07) is 5.03. The average Bonchev–Trinajstić information content (AvgIpc) is 3.52. The molecule has 2 aliphatic rings. The molecular formula is C22H29FN2O6. The molecule has 0 spiro atoms. The number of ether oxygens (including phenoxy) is 2. The van der Waals surface area contributed by atoms with E-state index in [0.717, 1.165) is 36.2 Å². The summed E-state index contributed by atoms with van der Waals surface area (Å²) in [6.07, 6.45) is -4.30. The number of aromatic nitrogens is 2. The van der Waals surface area contributed by atoms with Gasteiger partial charge in [0.15, 0.2) is 0 Å². The van der Waals surface area contributed by atoms with Crippen molar-refractivity contribution in [3.63, 3.8) is 0 Å². The molecule has 4 rings (SSSR count). The summed E-state index contributed by atoms with van der Waals surface area (Å²) in [5.74, 6) is 0.476. The smallest absolute Gasteiger partial charge is 0.239 e. The Morgan fingerprint density at radius 2 is 1.90 bits per heavy atom. The molecule has 0 bridgehead atoms. The Kier molecular flexibility index (Phi) is 6.32. The molecule has 170 valence electrons. The van der Waals surface area contributed by atoms with Gasteiger partial charge in [0.05, 0.1) is 6.61 Å². The predicted molar refractivity (Wildman–Crippen MR) is 108 cm³/mol. The normalized spacial score (nSPS) is 28.7. The number of hydrogen-bond acceptors (Lipinski definition) is 7. The number of rotatable bonds is 7. The molecule has 1 aliphatic heterocycles. The maximum absolute atomic E-state index is 14.1. The van der Waals surface area contributed by atoms with E-state index >= 15 is 0 Å². The van der Waals surface area contributed by atoms with E-state index in [4.69, 9.17) is 9.47 Å². The van der Waals surface area contributed by atoms with Crippen LogP contribution < -0.4 is 4.74 Å². The number of halogens is 1. The van der Waals surface area contributed by atoms with E-state index in [1.54, 1.807) is 13.0 Å². The lowest BCUT2D eigenvalue weighted by molar-refractivity contribution is -0.278. The van der Waals surface area contributed by atoms with Gasteiger partial charge >= 0.3 is 0 Å². The molecule has 0 unspecified atom stereocenters. The van der Waals surface area contributed by atoms with Crippen molar-refractivity contribution >= 4 is 0 Å². The van der Waals surface area contributed by atoms with E-state index in [2.05, 4.69) is 5.10 Å². The number of benzene rings is 1. The van der Waals surface area contributed by atoms with Gasteiger partial charge in [-0.3, -0.25) is 4.68 Å². The fourth-order valence-electron chi connectivity index (χ4n) is 3.80. The molecule has 4 N–H and O–H groups in total. The summed E-state index contributed by atoms with van der Waals surface area (Å²) in [4.78, 5) is 0. The lowest BCUT2D eigenvalue weighted by Crippen LogP contribution is -2.60. The van der Waals surface area contributed by atoms with Gasteiger partial charge in [0, 0.05) is 24.2 Å². The molecule has 1 aliphatic carbocycles. The lowest BCUT2D eigenvalue weighted by atomic mass is 9.99. The third-order valence-corrected chi connectivity index (χ3v) is 6.12. The molecule has 1 aromatic heterocycles. The van der Waals surface area contributed by atoms with Gasteiger partial charge < -0.3 is 29.9 Å². The second kappa shape index (κ2) is 8.84. The lowest BCUT2D eigenvalue weighted by Gasteiger charge is -2.39. The highest BCUT2D eigenvalue weighted by molar-refractivity contribution is 5.37. The number of aliphatic hydroxyl groups excluding tert-OH is 4. The zero-order valence-corrected chi connectivity index (χ0v) is 17.6. The number of aryl methyl sites for hydroxylation is 1. The van der Waals surface area contributed by atoms with E-state index in [9.17, 15) is 24.8 Å². The number of hydrogen-bond donors (Lipinski definition) is 4. The van der Waals surface area contributed by atoms with Crippen molar-refractivity contribution in [3.8, 4) is 5.88 Å². The van der Waals surface area contributed by atoms with Crippen molar-refractivity contribution < 1.29 is 34.3 Å². The monoisotopic (exact) mass is 436 g/mol. The first-order chi connectivity index (χ1) is 14.8. The molecule has 9 heteroatoms. The van der Waals surface area contributed by atoms with Gasteiger partial charge in [-0.2, -0.15) is 0 Å². The Morgan fingerprint density at radius 3 is 2.55 bits per heavy atom. The van der Waals surface area contributed by atoms with E-state index in [1.165, 1.54) is 6.07 Å². The van der Waals surface area contributed by atoms with E-state index in [0.29, 0.717) is 17.9 Å². The minimum absolute atomic E-state index is 0.212. The Morgan fingerprint density at radius 1 is 1.16 bits per heavy atom. The maximum atomic E-state index is 14.1. The topological polar surface area (TPSA) is 117 Å². The maximum Gasteiger partial charge on any atom is 0.239 e. The molecule has 1 saturated carbocycles. The first-order valence-corrected chi connectivity index (χ1v) is 10.6. The third-order valence-electron chi connectivity index (χ3n) is 6.12. The van der Waals surface area contributed by atoms with Crippen molar-refractivity contribution in [1.82, 2.24) is 9.78 Å². The van der Waals surface area contributed by atoms with Crippen LogP contribution in [0.25, 0.3) is 0 Å². The summed E-state index contributed by atoms with van der Waals surface area (Å²) in [6.45, 7) is 3.80. The van der Waals surface area contributed by atoms with E-state index < -0.39 is 37.3 Å². The van der Waals surface area contributed by atoms with Crippen LogP contribution in [0.15, 0.2) is 18.2 Å². The van der Waals surface area contributed by atoms with Gasteiger partial charge in [-0.1, -0.05) is 12.1 Å². The molecule has 2 fully saturated rings. The standard InChI is InChI=1S/C22H29FN2O6/c1-11-3-4-14(8-16(11)23)7-15-12(2)25(9-13-5-6-13)24-21(15)31-22-20(29)19(28)18(27)17(10-26)30-22/h3-4,8,13,17-20,22,26-29H,5-7,9-10H2,1-2H3/t17-,18-,19+,20-,22+/m1/s1. The van der Waals surface area contributed by atoms with E-state index in [-0.39, 0.29) is 11.7 Å². The average molecular weight is 436 g/mol. The molecule has 31 heavy (non-hydrogen) atoms. The van der Waals surface area contributed by atoms with E-state index in [1.807, 2.05) is 17.7 Å². The summed E-state index contributed by atoms with van der Waals surface area (Å²) < 4.78 is 27.3. The SMILES string of the molecule is Cc1ccc(Cc2c(O[C@@H]3O[C@H](CO)[C@@H](O)[C@H](O)[C@H]3O)nn(CC3CC3)c2C)cc1F. The summed E-state index contributed by atoms with van der Waals surface area (Å²) >= 11 is 0. The van der Waals surface area contributed by atoms with Crippen LogP contribution in [-0.4, -0.2) is 67.5 Å². The van der Waals surface area contributed by atoms with Crippen molar-refractivity contribution in [3.05, 3.63) is 46.4 Å².